The molecule has 0 aliphatic carbocycles. The van der Waals surface area contributed by atoms with Gasteiger partial charge in [-0.25, -0.2) is 14.8 Å². The van der Waals surface area contributed by atoms with Gasteiger partial charge < -0.3 is 19.9 Å². The normalized spacial score (nSPS) is 21.3. The van der Waals surface area contributed by atoms with Gasteiger partial charge in [0, 0.05) is 20.1 Å². The zero-order valence-corrected chi connectivity index (χ0v) is 20.2. The second kappa shape index (κ2) is 11.4. The number of ether oxygens (including phenoxy) is 1. The zero-order valence-electron chi connectivity index (χ0n) is 20.2. The van der Waals surface area contributed by atoms with Crippen LogP contribution in [-0.2, 0) is 16.1 Å². The molecular formula is C24H37N5O4. The number of carbonyl (C=O) groups is 3. The smallest absolute Gasteiger partial charge is 0.334 e. The number of unbranched alkanes of at least 4 members (excludes halogenated alkanes) is 2. The van der Waals surface area contributed by atoms with Gasteiger partial charge in [0.2, 0.25) is 11.8 Å². The van der Waals surface area contributed by atoms with Crippen LogP contribution in [0.4, 0.5) is 4.79 Å². The fourth-order valence-corrected chi connectivity index (χ4v) is 4.53. The Hall–Kier alpha value is -2.81. The van der Waals surface area contributed by atoms with E-state index in [0.717, 1.165) is 37.0 Å². The molecule has 9 heteroatoms. The number of hydrogen-bond donors (Lipinski definition) is 1. The van der Waals surface area contributed by atoms with Gasteiger partial charge in [0.15, 0.2) is 0 Å². The fraction of sp³-hybridized carbons (Fsp3) is 0.625. The molecule has 182 valence electrons. The van der Waals surface area contributed by atoms with Crippen molar-refractivity contribution in [3.05, 3.63) is 29.8 Å². The van der Waals surface area contributed by atoms with Gasteiger partial charge >= 0.3 is 6.03 Å². The average molecular weight is 460 g/mol. The number of nitrogens with zero attached hydrogens (tertiary/aromatic N) is 4. The molecule has 33 heavy (non-hydrogen) atoms. The third-order valence-electron chi connectivity index (χ3n) is 6.36. The Morgan fingerprint density at radius 2 is 1.82 bits per heavy atom. The van der Waals surface area contributed by atoms with Crippen LogP contribution in [0.2, 0.25) is 0 Å². The highest BCUT2D eigenvalue weighted by Crippen LogP contribution is 2.28. The van der Waals surface area contributed by atoms with Crippen LogP contribution in [0.15, 0.2) is 24.3 Å². The molecule has 9 nitrogen and oxygen atoms in total. The van der Waals surface area contributed by atoms with Gasteiger partial charge in [-0.05, 0) is 30.5 Å². The SMILES string of the molecule is CCCC[C@H]1C(=O)N(CCCC)C[C@H]2N1C(=O)CN(C)N2C(=O)NCc1ccc(OC)cc1. The molecule has 4 amide bonds. The largest absolute Gasteiger partial charge is 0.497 e. The standard InChI is InChI=1S/C24H37N5O4/c1-5-7-9-20-23(31)27(14-8-6-2)16-21-28(20)22(30)17-26(3)29(21)24(32)25-15-18-10-12-19(33-4)13-11-18/h10-13,20-21H,5-9,14-17H2,1-4H3,(H,25,32)/t20-,21-/m0/s1. The monoisotopic (exact) mass is 459 g/mol. The topological polar surface area (TPSA) is 85.4 Å². The molecule has 1 aromatic carbocycles. The van der Waals surface area contributed by atoms with Crippen LogP contribution < -0.4 is 10.1 Å². The third kappa shape index (κ3) is 5.58. The van der Waals surface area contributed by atoms with Crippen LogP contribution in [0.25, 0.3) is 0 Å². The number of hydrogen-bond acceptors (Lipinski definition) is 5. The fourth-order valence-electron chi connectivity index (χ4n) is 4.53. The molecule has 2 saturated heterocycles. The van der Waals surface area contributed by atoms with E-state index in [-0.39, 0.29) is 24.4 Å². The van der Waals surface area contributed by atoms with E-state index in [9.17, 15) is 14.4 Å². The maximum atomic E-state index is 13.3. The molecular weight excluding hydrogens is 422 g/mol. The Bertz CT molecular complexity index is 831. The van der Waals surface area contributed by atoms with Gasteiger partial charge in [-0.3, -0.25) is 9.59 Å². The number of methoxy groups -OCH3 is 1. The predicted octanol–water partition coefficient (Wildman–Crippen LogP) is 2.42. The molecule has 0 unspecified atom stereocenters. The first-order chi connectivity index (χ1) is 15.9. The number of rotatable bonds is 9. The average Bonchev–Trinajstić information content (AvgIpc) is 2.81. The predicted molar refractivity (Wildman–Crippen MR) is 125 cm³/mol. The van der Waals surface area contributed by atoms with Crippen molar-refractivity contribution in [2.24, 2.45) is 0 Å². The summed E-state index contributed by atoms with van der Waals surface area (Å²) in [7, 11) is 3.36. The molecule has 0 radical (unpaired) electrons. The minimum Gasteiger partial charge on any atom is -0.497 e. The third-order valence-corrected chi connectivity index (χ3v) is 6.36. The summed E-state index contributed by atoms with van der Waals surface area (Å²) in [5.41, 5.74) is 0.945. The van der Waals surface area contributed by atoms with Crippen LogP contribution in [-0.4, -0.2) is 83.7 Å². The van der Waals surface area contributed by atoms with Crippen LogP contribution in [0.5, 0.6) is 5.75 Å². The Kier molecular flexibility index (Phi) is 8.55. The van der Waals surface area contributed by atoms with Crippen LogP contribution in [0, 0.1) is 0 Å². The van der Waals surface area contributed by atoms with Crippen molar-refractivity contribution >= 4 is 17.8 Å². The van der Waals surface area contributed by atoms with Crippen molar-refractivity contribution in [3.63, 3.8) is 0 Å². The Balaban J connectivity index is 1.80. The van der Waals surface area contributed by atoms with Gasteiger partial charge in [-0.15, -0.1) is 0 Å². The summed E-state index contributed by atoms with van der Waals surface area (Å²) < 4.78 is 5.19. The van der Waals surface area contributed by atoms with Crippen molar-refractivity contribution < 1.29 is 19.1 Å². The highest BCUT2D eigenvalue weighted by atomic mass is 16.5. The first kappa shape index (κ1) is 24.8. The first-order valence-electron chi connectivity index (χ1n) is 11.9. The molecule has 0 saturated carbocycles. The van der Waals surface area contributed by atoms with Crippen molar-refractivity contribution in [1.82, 2.24) is 25.1 Å². The van der Waals surface area contributed by atoms with Crippen LogP contribution >= 0.6 is 0 Å². The van der Waals surface area contributed by atoms with Crippen LogP contribution in [0.1, 0.15) is 51.5 Å². The molecule has 1 N–H and O–H groups in total. The number of carbonyl (C=O) groups excluding carboxylic acids is 3. The molecule has 2 heterocycles. The number of urea groups is 1. The van der Waals surface area contributed by atoms with Crippen molar-refractivity contribution in [1.29, 1.82) is 0 Å². The summed E-state index contributed by atoms with van der Waals surface area (Å²) in [6.07, 6.45) is 3.77. The summed E-state index contributed by atoms with van der Waals surface area (Å²) in [6, 6.07) is 6.72. The minimum atomic E-state index is -0.515. The minimum absolute atomic E-state index is 0.00430. The number of benzene rings is 1. The molecule has 2 fully saturated rings. The Morgan fingerprint density at radius 1 is 1.12 bits per heavy atom. The second-order valence-electron chi connectivity index (χ2n) is 8.74. The van der Waals surface area contributed by atoms with Crippen molar-refractivity contribution in [2.75, 3.05) is 33.8 Å². The maximum absolute atomic E-state index is 13.3. The van der Waals surface area contributed by atoms with Crippen molar-refractivity contribution in [3.8, 4) is 5.75 Å². The van der Waals surface area contributed by atoms with Crippen molar-refractivity contribution in [2.45, 2.75) is 64.7 Å². The highest BCUT2D eigenvalue weighted by molar-refractivity contribution is 5.91. The summed E-state index contributed by atoms with van der Waals surface area (Å²) in [4.78, 5) is 43.1. The summed E-state index contributed by atoms with van der Waals surface area (Å²) in [5, 5.41) is 6.25. The Labute approximate surface area is 196 Å². The maximum Gasteiger partial charge on any atom is 0.334 e. The van der Waals surface area contributed by atoms with Gasteiger partial charge in [0.1, 0.15) is 18.0 Å². The van der Waals surface area contributed by atoms with E-state index < -0.39 is 12.2 Å². The van der Waals surface area contributed by atoms with E-state index >= 15 is 0 Å². The van der Waals surface area contributed by atoms with E-state index in [4.69, 9.17) is 4.74 Å². The molecule has 2 aliphatic heterocycles. The highest BCUT2D eigenvalue weighted by Gasteiger charge is 2.50. The van der Waals surface area contributed by atoms with Gasteiger partial charge in [0.05, 0.1) is 20.2 Å². The quantitative estimate of drug-likeness (QED) is 0.613. The van der Waals surface area contributed by atoms with Gasteiger partial charge in [-0.2, -0.15) is 0 Å². The molecule has 0 aromatic heterocycles. The Morgan fingerprint density at radius 3 is 2.45 bits per heavy atom. The zero-order chi connectivity index (χ0) is 24.0. The molecule has 0 bridgehead atoms. The van der Waals surface area contributed by atoms with E-state index in [1.807, 2.05) is 29.2 Å². The lowest BCUT2D eigenvalue weighted by Gasteiger charge is -2.54. The molecule has 1 aromatic rings. The lowest BCUT2D eigenvalue weighted by atomic mass is 10.0. The van der Waals surface area contributed by atoms with E-state index in [0.29, 0.717) is 26.1 Å². The van der Waals surface area contributed by atoms with E-state index in [1.54, 1.807) is 29.1 Å². The summed E-state index contributed by atoms with van der Waals surface area (Å²) in [5.74, 6) is 0.656. The lowest BCUT2D eigenvalue weighted by Crippen LogP contribution is -2.75. The van der Waals surface area contributed by atoms with Gasteiger partial charge in [-0.1, -0.05) is 45.2 Å². The van der Waals surface area contributed by atoms with Gasteiger partial charge in [0.25, 0.3) is 0 Å². The number of nitrogens with one attached hydrogen (secondary N) is 1. The second-order valence-corrected chi connectivity index (χ2v) is 8.74. The number of likely N-dealkylation sites (N-methyl/N-ethyl adjacent to an activating group) is 1. The number of piperazine rings is 1. The number of amides is 4. The number of fused-ring (bicyclic) bond motifs is 1. The number of hydrazine groups is 1. The van der Waals surface area contributed by atoms with Crippen LogP contribution in [0.3, 0.4) is 0 Å². The molecule has 2 atom stereocenters. The molecule has 3 rings (SSSR count). The molecule has 0 spiro atoms. The van der Waals surface area contributed by atoms with E-state index in [2.05, 4.69) is 19.2 Å². The summed E-state index contributed by atoms with van der Waals surface area (Å²) >= 11 is 0. The van der Waals surface area contributed by atoms with E-state index in [1.165, 1.54) is 0 Å². The molecule has 2 aliphatic rings. The lowest BCUT2D eigenvalue weighted by molar-refractivity contribution is -0.187. The first-order valence-corrected chi connectivity index (χ1v) is 11.9. The summed E-state index contributed by atoms with van der Waals surface area (Å²) in [6.45, 7) is 5.55.